The van der Waals surface area contributed by atoms with Crippen LogP contribution in [0.15, 0.2) is 66.2 Å². The largest absolute Gasteiger partial charge is 0.491 e. The van der Waals surface area contributed by atoms with E-state index in [1.165, 1.54) is 11.8 Å². The zero-order valence-electron chi connectivity index (χ0n) is 16.3. The molecule has 4 rings (SSSR count). The molecule has 0 radical (unpaired) electrons. The number of benzene rings is 1. The Bertz CT molecular complexity index is 1130. The summed E-state index contributed by atoms with van der Waals surface area (Å²) >= 11 is 1.48. The molecule has 146 valence electrons. The molecule has 0 unspecified atom stereocenters. The van der Waals surface area contributed by atoms with Gasteiger partial charge in [0, 0.05) is 42.5 Å². The first-order chi connectivity index (χ1) is 14.2. The van der Waals surface area contributed by atoms with Gasteiger partial charge in [-0.2, -0.15) is 5.10 Å². The van der Waals surface area contributed by atoms with Crippen molar-refractivity contribution in [2.45, 2.75) is 5.16 Å². The second kappa shape index (κ2) is 8.32. The maximum absolute atomic E-state index is 5.72. The molecule has 0 saturated heterocycles. The van der Waals surface area contributed by atoms with Crippen LogP contribution < -0.4 is 10.1 Å². The third-order valence-electron chi connectivity index (χ3n) is 4.32. The molecule has 0 fully saturated rings. The van der Waals surface area contributed by atoms with Gasteiger partial charge >= 0.3 is 0 Å². The maximum atomic E-state index is 5.72. The van der Waals surface area contributed by atoms with Crippen LogP contribution in [0.3, 0.4) is 0 Å². The number of hydrogen-bond donors (Lipinski definition) is 1. The average molecular weight is 404 g/mol. The lowest BCUT2D eigenvalue weighted by Gasteiger charge is -2.15. The summed E-state index contributed by atoms with van der Waals surface area (Å²) in [6.07, 6.45) is 7.33. The Morgan fingerprint density at radius 1 is 1.03 bits per heavy atom. The molecule has 0 saturated carbocycles. The molecule has 0 bridgehead atoms. The average Bonchev–Trinajstić information content (AvgIpc) is 3.20. The maximum Gasteiger partial charge on any atom is 0.190 e. The van der Waals surface area contributed by atoms with Crippen molar-refractivity contribution in [3.63, 3.8) is 0 Å². The topological polar surface area (TPSA) is 77.8 Å². The van der Waals surface area contributed by atoms with Crippen LogP contribution in [0.4, 0.5) is 11.5 Å². The summed E-state index contributed by atoms with van der Waals surface area (Å²) < 4.78 is 7.51. The summed E-state index contributed by atoms with van der Waals surface area (Å²) in [5.74, 6) is 1.19. The Morgan fingerprint density at radius 3 is 2.52 bits per heavy atom. The Hall–Kier alpha value is -3.39. The summed E-state index contributed by atoms with van der Waals surface area (Å²) in [6.45, 7) is 0. The van der Waals surface area contributed by atoms with Gasteiger partial charge in [0.15, 0.2) is 16.7 Å². The zero-order valence-corrected chi connectivity index (χ0v) is 17.1. The molecule has 0 aliphatic carbocycles. The fraction of sp³-hybridized carbons (Fsp3) is 0.143. The second-order valence-corrected chi connectivity index (χ2v) is 7.03. The van der Waals surface area contributed by atoms with Gasteiger partial charge in [0.2, 0.25) is 0 Å². The SMILES string of the molecule is COc1c(Nc2ccncc2)nc(SC)nc1-c1cccc(-c2ccn(C)n2)c1. The molecule has 7 nitrogen and oxygen atoms in total. The monoisotopic (exact) mass is 404 g/mol. The van der Waals surface area contributed by atoms with E-state index in [-0.39, 0.29) is 0 Å². The Morgan fingerprint density at radius 2 is 1.83 bits per heavy atom. The number of pyridine rings is 1. The number of methoxy groups -OCH3 is 1. The van der Waals surface area contributed by atoms with Gasteiger partial charge in [-0.1, -0.05) is 30.0 Å². The number of anilines is 2. The van der Waals surface area contributed by atoms with Gasteiger partial charge < -0.3 is 10.1 Å². The van der Waals surface area contributed by atoms with Gasteiger partial charge in [-0.05, 0) is 30.5 Å². The molecule has 3 heterocycles. The van der Waals surface area contributed by atoms with E-state index in [0.29, 0.717) is 16.7 Å². The normalized spacial score (nSPS) is 10.7. The number of ether oxygens (including phenoxy) is 1. The second-order valence-electron chi connectivity index (χ2n) is 6.26. The number of nitrogens with one attached hydrogen (secondary N) is 1. The third kappa shape index (κ3) is 4.07. The van der Waals surface area contributed by atoms with Gasteiger partial charge in [-0.3, -0.25) is 9.67 Å². The minimum Gasteiger partial charge on any atom is -0.491 e. The molecule has 8 heteroatoms. The number of aryl methyl sites for hydroxylation is 1. The lowest BCUT2D eigenvalue weighted by Crippen LogP contribution is -2.03. The third-order valence-corrected chi connectivity index (χ3v) is 4.87. The van der Waals surface area contributed by atoms with Crippen molar-refractivity contribution in [2.24, 2.45) is 7.05 Å². The zero-order chi connectivity index (χ0) is 20.2. The molecule has 0 atom stereocenters. The lowest BCUT2D eigenvalue weighted by molar-refractivity contribution is 0.414. The summed E-state index contributed by atoms with van der Waals surface area (Å²) in [5.41, 5.74) is 4.44. The quantitative estimate of drug-likeness (QED) is 0.377. The van der Waals surface area contributed by atoms with Crippen molar-refractivity contribution in [3.8, 4) is 28.3 Å². The highest BCUT2D eigenvalue weighted by atomic mass is 32.2. The molecule has 1 aromatic carbocycles. The molecule has 0 aliphatic rings. The predicted molar refractivity (Wildman–Crippen MR) is 116 cm³/mol. The number of aromatic nitrogens is 5. The van der Waals surface area contributed by atoms with E-state index in [4.69, 9.17) is 9.72 Å². The van der Waals surface area contributed by atoms with Gasteiger partial charge in [-0.25, -0.2) is 9.97 Å². The van der Waals surface area contributed by atoms with E-state index in [2.05, 4.69) is 26.4 Å². The van der Waals surface area contributed by atoms with Crippen LogP contribution in [-0.4, -0.2) is 38.1 Å². The van der Waals surface area contributed by atoms with Crippen molar-refractivity contribution in [2.75, 3.05) is 18.7 Å². The number of rotatable bonds is 6. The molecule has 1 N–H and O–H groups in total. The van der Waals surface area contributed by atoms with Crippen molar-refractivity contribution in [1.29, 1.82) is 0 Å². The van der Waals surface area contributed by atoms with Gasteiger partial charge in [0.05, 0.1) is 12.8 Å². The van der Waals surface area contributed by atoms with E-state index in [1.807, 2.05) is 55.9 Å². The van der Waals surface area contributed by atoms with Gasteiger partial charge in [0.1, 0.15) is 5.69 Å². The van der Waals surface area contributed by atoms with Crippen LogP contribution in [0.2, 0.25) is 0 Å². The van der Waals surface area contributed by atoms with Crippen LogP contribution in [-0.2, 0) is 7.05 Å². The highest BCUT2D eigenvalue weighted by Crippen LogP contribution is 2.37. The first kappa shape index (κ1) is 18.9. The molecule has 0 amide bonds. The predicted octanol–water partition coefficient (Wildman–Crippen LogP) is 4.41. The highest BCUT2D eigenvalue weighted by molar-refractivity contribution is 7.98. The smallest absolute Gasteiger partial charge is 0.190 e. The Labute approximate surface area is 173 Å². The molecular weight excluding hydrogens is 384 g/mol. The van der Waals surface area contributed by atoms with E-state index < -0.39 is 0 Å². The molecular formula is C21H20N6OS. The standard InChI is InChI=1S/C21H20N6OS/c1-27-12-9-17(26-27)14-5-4-6-15(13-14)18-19(28-2)20(25-21(24-18)29-3)23-16-7-10-22-11-8-16/h4-13H,1-3H3,(H,22,23,24,25). The summed E-state index contributed by atoms with van der Waals surface area (Å²) in [4.78, 5) is 13.4. The van der Waals surface area contributed by atoms with E-state index >= 15 is 0 Å². The minimum atomic E-state index is 0.581. The van der Waals surface area contributed by atoms with Crippen molar-refractivity contribution >= 4 is 23.3 Å². The minimum absolute atomic E-state index is 0.581. The number of nitrogens with zero attached hydrogens (tertiary/aromatic N) is 5. The molecule has 29 heavy (non-hydrogen) atoms. The van der Waals surface area contributed by atoms with E-state index in [9.17, 15) is 0 Å². The van der Waals surface area contributed by atoms with E-state index in [0.717, 1.165) is 28.2 Å². The summed E-state index contributed by atoms with van der Waals surface area (Å²) in [6, 6.07) is 13.8. The molecule has 4 aromatic rings. The first-order valence-electron chi connectivity index (χ1n) is 8.95. The molecule has 3 aromatic heterocycles. The van der Waals surface area contributed by atoms with E-state index in [1.54, 1.807) is 24.2 Å². The van der Waals surface area contributed by atoms with Crippen LogP contribution in [0.5, 0.6) is 5.75 Å². The number of hydrogen-bond acceptors (Lipinski definition) is 7. The summed E-state index contributed by atoms with van der Waals surface area (Å²) in [5, 5.41) is 8.46. The van der Waals surface area contributed by atoms with Crippen LogP contribution in [0.1, 0.15) is 0 Å². The van der Waals surface area contributed by atoms with Crippen LogP contribution in [0, 0.1) is 0 Å². The summed E-state index contributed by atoms with van der Waals surface area (Å²) in [7, 11) is 3.53. The fourth-order valence-corrected chi connectivity index (χ4v) is 3.33. The number of thioether (sulfide) groups is 1. The fourth-order valence-electron chi connectivity index (χ4n) is 2.96. The molecule has 0 aliphatic heterocycles. The van der Waals surface area contributed by atoms with Crippen LogP contribution in [0.25, 0.3) is 22.5 Å². The van der Waals surface area contributed by atoms with Gasteiger partial charge in [-0.15, -0.1) is 0 Å². The van der Waals surface area contributed by atoms with Crippen molar-refractivity contribution < 1.29 is 4.74 Å². The van der Waals surface area contributed by atoms with Crippen molar-refractivity contribution in [3.05, 3.63) is 61.1 Å². The lowest BCUT2D eigenvalue weighted by atomic mass is 10.1. The Balaban J connectivity index is 1.82. The van der Waals surface area contributed by atoms with Gasteiger partial charge in [0.25, 0.3) is 0 Å². The van der Waals surface area contributed by atoms with Crippen LogP contribution >= 0.6 is 11.8 Å². The Kier molecular flexibility index (Phi) is 5.44. The first-order valence-corrected chi connectivity index (χ1v) is 10.2. The van der Waals surface area contributed by atoms with Crippen molar-refractivity contribution in [1.82, 2.24) is 24.7 Å². The highest BCUT2D eigenvalue weighted by Gasteiger charge is 2.18. The molecule has 0 spiro atoms.